The second-order valence-corrected chi connectivity index (χ2v) is 5.78. The Morgan fingerprint density at radius 2 is 2.27 bits per heavy atom. The quantitative estimate of drug-likeness (QED) is 0.943. The van der Waals surface area contributed by atoms with E-state index in [2.05, 4.69) is 26.3 Å². The number of aryl methyl sites for hydroxylation is 1. The largest absolute Gasteiger partial charge is 0.368 e. The van der Waals surface area contributed by atoms with E-state index in [9.17, 15) is 0 Å². The first-order valence-electron chi connectivity index (χ1n) is 7.16. The van der Waals surface area contributed by atoms with Crippen molar-refractivity contribution < 1.29 is 0 Å². The fraction of sp³-hybridized carbons (Fsp3) is 0.312. The molecule has 3 rings (SSSR count). The maximum atomic E-state index is 8.90. The van der Waals surface area contributed by atoms with Crippen LogP contribution < -0.4 is 10.2 Å². The van der Waals surface area contributed by atoms with Crippen LogP contribution >= 0.6 is 11.6 Å². The molecule has 22 heavy (non-hydrogen) atoms. The monoisotopic (exact) mass is 313 g/mol. The second-order valence-electron chi connectivity index (χ2n) is 5.38. The molecule has 1 fully saturated rings. The summed E-state index contributed by atoms with van der Waals surface area (Å²) < 4.78 is 0. The average molecular weight is 314 g/mol. The van der Waals surface area contributed by atoms with E-state index >= 15 is 0 Å². The first kappa shape index (κ1) is 14.6. The van der Waals surface area contributed by atoms with Crippen molar-refractivity contribution >= 4 is 23.2 Å². The average Bonchev–Trinajstić information content (AvgIpc) is 2.95. The summed E-state index contributed by atoms with van der Waals surface area (Å²) in [5.41, 5.74) is 2.49. The number of halogens is 1. The predicted molar refractivity (Wildman–Crippen MR) is 87.2 cm³/mol. The maximum Gasteiger partial charge on any atom is 0.223 e. The number of nitrogens with zero attached hydrogens (tertiary/aromatic N) is 4. The maximum absolute atomic E-state index is 8.90. The number of rotatable bonds is 3. The summed E-state index contributed by atoms with van der Waals surface area (Å²) in [6.07, 6.45) is 2.75. The minimum Gasteiger partial charge on any atom is -0.368 e. The highest BCUT2D eigenvalue weighted by atomic mass is 35.5. The summed E-state index contributed by atoms with van der Waals surface area (Å²) in [5.74, 6) is 0.665. The van der Waals surface area contributed by atoms with Crippen LogP contribution in [0.25, 0.3) is 0 Å². The standard InChI is InChI=1S/C16H16ClN5/c1-11-4-6-19-16(20-11)21-13-5-7-22(10-13)15-3-2-12(9-18)8-14(15)17/h2-4,6,8,13H,5,7,10H2,1H3,(H,19,20,21). The Morgan fingerprint density at radius 3 is 3.00 bits per heavy atom. The number of anilines is 2. The highest BCUT2D eigenvalue weighted by Crippen LogP contribution is 2.30. The van der Waals surface area contributed by atoms with Crippen molar-refractivity contribution in [1.82, 2.24) is 9.97 Å². The third-order valence-corrected chi connectivity index (χ3v) is 4.04. The molecule has 1 N–H and O–H groups in total. The summed E-state index contributed by atoms with van der Waals surface area (Å²) in [4.78, 5) is 10.8. The van der Waals surface area contributed by atoms with E-state index in [1.165, 1.54) is 0 Å². The molecule has 1 aromatic heterocycles. The lowest BCUT2D eigenvalue weighted by atomic mass is 10.2. The molecule has 0 radical (unpaired) electrons. The number of hydrogen-bond donors (Lipinski definition) is 1. The minimum absolute atomic E-state index is 0.286. The van der Waals surface area contributed by atoms with Crippen LogP contribution in [0.5, 0.6) is 0 Å². The Balaban J connectivity index is 1.69. The zero-order valence-electron chi connectivity index (χ0n) is 12.3. The van der Waals surface area contributed by atoms with E-state index in [1.54, 1.807) is 18.3 Å². The van der Waals surface area contributed by atoms with Crippen molar-refractivity contribution in [2.45, 2.75) is 19.4 Å². The molecule has 0 bridgehead atoms. The van der Waals surface area contributed by atoms with Crippen LogP contribution in [0.2, 0.25) is 5.02 Å². The van der Waals surface area contributed by atoms with Gasteiger partial charge in [-0.05, 0) is 37.6 Å². The molecule has 0 aliphatic carbocycles. The molecule has 5 nitrogen and oxygen atoms in total. The zero-order chi connectivity index (χ0) is 15.5. The minimum atomic E-state index is 0.286. The number of hydrogen-bond acceptors (Lipinski definition) is 5. The van der Waals surface area contributed by atoms with Crippen LogP contribution in [0.15, 0.2) is 30.5 Å². The molecule has 1 aromatic carbocycles. The first-order chi connectivity index (χ1) is 10.7. The molecular weight excluding hydrogens is 298 g/mol. The van der Waals surface area contributed by atoms with Gasteiger partial charge in [-0.1, -0.05) is 11.6 Å². The van der Waals surface area contributed by atoms with Gasteiger partial charge in [0.1, 0.15) is 0 Å². The van der Waals surface area contributed by atoms with Crippen molar-refractivity contribution in [1.29, 1.82) is 5.26 Å². The lowest BCUT2D eigenvalue weighted by molar-refractivity contribution is 0.790. The van der Waals surface area contributed by atoms with Crippen LogP contribution in [-0.4, -0.2) is 29.1 Å². The SMILES string of the molecule is Cc1ccnc(NC2CCN(c3ccc(C#N)cc3Cl)C2)n1. The van der Waals surface area contributed by atoms with Gasteiger partial charge in [0.2, 0.25) is 5.95 Å². The van der Waals surface area contributed by atoms with Crippen LogP contribution in [0, 0.1) is 18.3 Å². The van der Waals surface area contributed by atoms with Crippen molar-refractivity contribution in [2.24, 2.45) is 0 Å². The lowest BCUT2D eigenvalue weighted by Gasteiger charge is -2.20. The van der Waals surface area contributed by atoms with Gasteiger partial charge in [-0.25, -0.2) is 9.97 Å². The summed E-state index contributed by atoms with van der Waals surface area (Å²) in [6, 6.07) is 9.68. The van der Waals surface area contributed by atoms with Gasteiger partial charge in [0, 0.05) is 31.0 Å². The van der Waals surface area contributed by atoms with E-state index in [4.69, 9.17) is 16.9 Å². The summed E-state index contributed by atoms with van der Waals surface area (Å²) in [6.45, 7) is 3.70. The Morgan fingerprint density at radius 1 is 1.41 bits per heavy atom. The predicted octanol–water partition coefficient (Wildman–Crippen LogP) is 3.00. The molecule has 1 atom stereocenters. The number of nitrogens with one attached hydrogen (secondary N) is 1. The lowest BCUT2D eigenvalue weighted by Crippen LogP contribution is -2.27. The van der Waals surface area contributed by atoms with Crippen LogP contribution in [0.4, 0.5) is 11.6 Å². The van der Waals surface area contributed by atoms with E-state index < -0.39 is 0 Å². The topological polar surface area (TPSA) is 64.8 Å². The smallest absolute Gasteiger partial charge is 0.223 e. The van der Waals surface area contributed by atoms with Crippen molar-refractivity contribution in [3.8, 4) is 6.07 Å². The second kappa shape index (κ2) is 6.20. The molecule has 0 amide bonds. The van der Waals surface area contributed by atoms with Gasteiger partial charge in [0.05, 0.1) is 22.3 Å². The van der Waals surface area contributed by atoms with Gasteiger partial charge in [-0.2, -0.15) is 5.26 Å². The van der Waals surface area contributed by atoms with Crippen molar-refractivity contribution in [2.75, 3.05) is 23.3 Å². The fourth-order valence-corrected chi connectivity index (χ4v) is 2.93. The molecule has 112 valence electrons. The van der Waals surface area contributed by atoms with Gasteiger partial charge in [0.15, 0.2) is 0 Å². The number of benzene rings is 1. The summed E-state index contributed by atoms with van der Waals surface area (Å²) in [5, 5.41) is 12.9. The van der Waals surface area contributed by atoms with Crippen LogP contribution in [0.1, 0.15) is 17.7 Å². The van der Waals surface area contributed by atoms with Gasteiger partial charge in [-0.3, -0.25) is 0 Å². The van der Waals surface area contributed by atoms with Gasteiger partial charge in [0.25, 0.3) is 0 Å². The third-order valence-electron chi connectivity index (χ3n) is 3.73. The molecule has 0 saturated carbocycles. The van der Waals surface area contributed by atoms with E-state index in [0.717, 1.165) is 30.9 Å². The molecule has 1 aliphatic heterocycles. The normalized spacial score (nSPS) is 17.3. The highest BCUT2D eigenvalue weighted by molar-refractivity contribution is 6.33. The van der Waals surface area contributed by atoms with E-state index in [0.29, 0.717) is 16.5 Å². The number of nitriles is 1. The van der Waals surface area contributed by atoms with E-state index in [-0.39, 0.29) is 6.04 Å². The van der Waals surface area contributed by atoms with Crippen LogP contribution in [-0.2, 0) is 0 Å². The molecule has 2 aromatic rings. The Hall–Kier alpha value is -2.32. The van der Waals surface area contributed by atoms with Crippen molar-refractivity contribution in [3.05, 3.63) is 46.7 Å². The molecule has 1 saturated heterocycles. The molecule has 0 spiro atoms. The Bertz CT molecular complexity index is 725. The van der Waals surface area contributed by atoms with Gasteiger partial charge >= 0.3 is 0 Å². The van der Waals surface area contributed by atoms with Crippen LogP contribution in [0.3, 0.4) is 0 Å². The summed E-state index contributed by atoms with van der Waals surface area (Å²) >= 11 is 6.28. The molecular formula is C16H16ClN5. The van der Waals surface area contributed by atoms with Gasteiger partial charge in [-0.15, -0.1) is 0 Å². The molecule has 1 unspecified atom stereocenters. The fourth-order valence-electron chi connectivity index (χ4n) is 2.63. The highest BCUT2D eigenvalue weighted by Gasteiger charge is 2.24. The van der Waals surface area contributed by atoms with E-state index in [1.807, 2.05) is 19.1 Å². The molecule has 1 aliphatic rings. The summed E-state index contributed by atoms with van der Waals surface area (Å²) in [7, 11) is 0. The van der Waals surface area contributed by atoms with Crippen molar-refractivity contribution in [3.63, 3.8) is 0 Å². The Kier molecular flexibility index (Phi) is 4.12. The molecule has 2 heterocycles. The Labute approximate surface area is 134 Å². The van der Waals surface area contributed by atoms with Gasteiger partial charge < -0.3 is 10.2 Å². The zero-order valence-corrected chi connectivity index (χ0v) is 13.0. The third kappa shape index (κ3) is 3.12. The number of aromatic nitrogens is 2. The first-order valence-corrected chi connectivity index (χ1v) is 7.54. The molecule has 6 heteroatoms.